The Morgan fingerprint density at radius 3 is 2.77 bits per heavy atom. The van der Waals surface area contributed by atoms with E-state index in [2.05, 4.69) is 18.7 Å². The first-order chi connectivity index (χ1) is 14.9. The highest BCUT2D eigenvalue weighted by Gasteiger charge is 2.39. The first kappa shape index (κ1) is 23.4. The number of benzene rings is 1. The molecule has 1 aliphatic rings. The number of hydrogen-bond donors (Lipinski definition) is 0. The maximum Gasteiger partial charge on any atom is 0.258 e. The monoisotopic (exact) mass is 445 g/mol. The van der Waals surface area contributed by atoms with Gasteiger partial charge in [-0.1, -0.05) is 25.4 Å². The molecular weight excluding hydrogens is 414 g/mol. The fraction of sp³-hybridized carbons (Fsp3) is 0.500. The Morgan fingerprint density at radius 1 is 1.32 bits per heavy atom. The maximum atomic E-state index is 13.5. The molecule has 7 heteroatoms. The number of aryl methyl sites for hydroxylation is 1. The van der Waals surface area contributed by atoms with Crippen molar-refractivity contribution in [2.75, 3.05) is 24.7 Å². The lowest BCUT2D eigenvalue weighted by Crippen LogP contribution is -2.45. The number of furan rings is 1. The third-order valence-electron chi connectivity index (χ3n) is 5.20. The van der Waals surface area contributed by atoms with E-state index in [-0.39, 0.29) is 5.91 Å². The number of guanidine groups is 1. The molecule has 1 aromatic heterocycles. The normalized spacial score (nSPS) is 16.3. The summed E-state index contributed by atoms with van der Waals surface area (Å²) in [4.78, 5) is 22.3. The van der Waals surface area contributed by atoms with E-state index in [4.69, 9.17) is 25.7 Å². The Morgan fingerprint density at radius 2 is 2.13 bits per heavy atom. The summed E-state index contributed by atoms with van der Waals surface area (Å²) in [6.07, 6.45) is 3.20. The third-order valence-corrected chi connectivity index (χ3v) is 5.44. The quantitative estimate of drug-likeness (QED) is 0.466. The van der Waals surface area contributed by atoms with Gasteiger partial charge in [0.2, 0.25) is 5.96 Å². The number of carbonyl (C=O) groups is 1. The number of anilines is 1. The molecule has 0 saturated carbocycles. The van der Waals surface area contributed by atoms with Crippen LogP contribution in [0.4, 0.5) is 5.69 Å². The second-order valence-electron chi connectivity index (χ2n) is 8.23. The first-order valence-electron chi connectivity index (χ1n) is 10.9. The van der Waals surface area contributed by atoms with Crippen molar-refractivity contribution in [3.63, 3.8) is 0 Å². The van der Waals surface area contributed by atoms with Gasteiger partial charge in [-0.25, -0.2) is 9.89 Å². The van der Waals surface area contributed by atoms with Gasteiger partial charge in [0, 0.05) is 24.8 Å². The number of hydrogen-bond acceptors (Lipinski definition) is 5. The number of nitrogens with zero attached hydrogens (tertiary/aromatic N) is 3. The van der Waals surface area contributed by atoms with Crippen molar-refractivity contribution < 1.29 is 13.9 Å². The summed E-state index contributed by atoms with van der Waals surface area (Å²) in [7, 11) is 0. The van der Waals surface area contributed by atoms with Crippen molar-refractivity contribution in [2.24, 2.45) is 10.9 Å². The highest BCUT2D eigenvalue weighted by molar-refractivity contribution is 6.31. The van der Waals surface area contributed by atoms with Crippen LogP contribution in [0.2, 0.25) is 5.02 Å². The molecule has 6 nitrogen and oxygen atoms in total. The van der Waals surface area contributed by atoms with Crippen molar-refractivity contribution >= 4 is 29.2 Å². The number of amides is 1. The lowest BCUT2D eigenvalue weighted by molar-refractivity contribution is -0.118. The molecule has 31 heavy (non-hydrogen) atoms. The lowest BCUT2D eigenvalue weighted by atomic mass is 10.0. The number of ether oxygens (including phenoxy) is 1. The van der Waals surface area contributed by atoms with Crippen LogP contribution in [0.25, 0.3) is 0 Å². The molecule has 0 radical (unpaired) electrons. The molecule has 2 aromatic rings. The summed E-state index contributed by atoms with van der Waals surface area (Å²) in [6, 6.07) is 9.01. The van der Waals surface area contributed by atoms with Crippen molar-refractivity contribution in [2.45, 2.75) is 53.1 Å². The summed E-state index contributed by atoms with van der Waals surface area (Å²) in [5.74, 6) is 1.85. The van der Waals surface area contributed by atoms with Gasteiger partial charge in [0.1, 0.15) is 11.8 Å². The minimum atomic E-state index is -0.393. The number of carbonyl (C=O) groups excluding carboxylic acids is 1. The van der Waals surface area contributed by atoms with Gasteiger partial charge in [0.25, 0.3) is 5.91 Å². The molecule has 1 aromatic carbocycles. The van der Waals surface area contributed by atoms with Gasteiger partial charge in [0.05, 0.1) is 18.5 Å². The molecule has 1 atom stereocenters. The molecule has 2 heterocycles. The van der Waals surface area contributed by atoms with Crippen molar-refractivity contribution in [3.8, 4) is 0 Å². The SMILES string of the molecule is CCOCCCN(Cc1ccco1)C1=NC(CC(C)C)C(=O)N1c1ccc(Cl)cc1C. The molecule has 1 amide bonds. The van der Waals surface area contributed by atoms with Gasteiger partial charge in [-0.05, 0) is 68.5 Å². The Bertz CT molecular complexity index is 895. The fourth-order valence-electron chi connectivity index (χ4n) is 3.76. The topological polar surface area (TPSA) is 58.3 Å². The van der Waals surface area contributed by atoms with E-state index < -0.39 is 6.04 Å². The Hall–Kier alpha value is -2.31. The fourth-order valence-corrected chi connectivity index (χ4v) is 3.99. The van der Waals surface area contributed by atoms with E-state index in [0.29, 0.717) is 49.6 Å². The first-order valence-corrected chi connectivity index (χ1v) is 11.3. The number of rotatable bonds is 10. The van der Waals surface area contributed by atoms with Crippen LogP contribution < -0.4 is 4.90 Å². The van der Waals surface area contributed by atoms with Crippen LogP contribution >= 0.6 is 11.6 Å². The van der Waals surface area contributed by atoms with Crippen molar-refractivity contribution in [1.82, 2.24) is 4.90 Å². The summed E-state index contributed by atoms with van der Waals surface area (Å²) in [5, 5.41) is 0.647. The molecule has 0 aliphatic carbocycles. The molecule has 1 aliphatic heterocycles. The van der Waals surface area contributed by atoms with E-state index in [0.717, 1.165) is 23.4 Å². The second-order valence-corrected chi connectivity index (χ2v) is 8.67. The molecule has 0 bridgehead atoms. The van der Waals surface area contributed by atoms with Gasteiger partial charge < -0.3 is 14.1 Å². The zero-order chi connectivity index (χ0) is 22.4. The Balaban J connectivity index is 1.96. The molecule has 3 rings (SSSR count). The molecule has 0 N–H and O–H groups in total. The van der Waals surface area contributed by atoms with Gasteiger partial charge in [0.15, 0.2) is 0 Å². The van der Waals surface area contributed by atoms with Crippen LogP contribution in [-0.4, -0.2) is 42.6 Å². The summed E-state index contributed by atoms with van der Waals surface area (Å²) >= 11 is 6.18. The predicted molar refractivity (Wildman–Crippen MR) is 125 cm³/mol. The minimum Gasteiger partial charge on any atom is -0.467 e. The summed E-state index contributed by atoms with van der Waals surface area (Å²) < 4.78 is 11.1. The third kappa shape index (κ3) is 5.89. The van der Waals surface area contributed by atoms with Crippen LogP contribution in [0, 0.1) is 12.8 Å². The van der Waals surface area contributed by atoms with Gasteiger partial charge in [-0.3, -0.25) is 4.79 Å². The van der Waals surface area contributed by atoms with E-state index in [9.17, 15) is 4.79 Å². The zero-order valence-corrected chi connectivity index (χ0v) is 19.6. The summed E-state index contributed by atoms with van der Waals surface area (Å²) in [6.45, 7) is 10.7. The highest BCUT2D eigenvalue weighted by Crippen LogP contribution is 2.31. The van der Waals surface area contributed by atoms with Crippen LogP contribution in [0.3, 0.4) is 0 Å². The van der Waals surface area contributed by atoms with Crippen molar-refractivity contribution in [1.29, 1.82) is 0 Å². The maximum absolute atomic E-state index is 13.5. The van der Waals surface area contributed by atoms with E-state index in [1.165, 1.54) is 0 Å². The second kappa shape index (κ2) is 10.8. The largest absolute Gasteiger partial charge is 0.467 e. The Labute approximate surface area is 189 Å². The van der Waals surface area contributed by atoms with E-state index in [1.807, 2.05) is 44.2 Å². The number of halogens is 1. The molecule has 0 spiro atoms. The molecule has 0 fully saturated rings. The van der Waals surface area contributed by atoms with Crippen LogP contribution in [-0.2, 0) is 16.1 Å². The summed E-state index contributed by atoms with van der Waals surface area (Å²) in [5.41, 5.74) is 1.75. The molecule has 1 unspecified atom stereocenters. The lowest BCUT2D eigenvalue weighted by Gasteiger charge is -2.30. The van der Waals surface area contributed by atoms with Crippen LogP contribution in [0.15, 0.2) is 46.0 Å². The van der Waals surface area contributed by atoms with Crippen molar-refractivity contribution in [3.05, 3.63) is 52.9 Å². The molecular formula is C24H32ClN3O3. The van der Waals surface area contributed by atoms with Gasteiger partial charge in [-0.2, -0.15) is 0 Å². The van der Waals surface area contributed by atoms with E-state index in [1.54, 1.807) is 11.2 Å². The average Bonchev–Trinajstić information content (AvgIpc) is 3.33. The van der Waals surface area contributed by atoms with E-state index >= 15 is 0 Å². The number of aliphatic imine (C=N–C) groups is 1. The van der Waals surface area contributed by atoms with Crippen LogP contribution in [0.5, 0.6) is 0 Å². The molecule has 0 saturated heterocycles. The zero-order valence-electron chi connectivity index (χ0n) is 18.8. The van der Waals surface area contributed by atoms with Crippen LogP contribution in [0.1, 0.15) is 44.9 Å². The predicted octanol–water partition coefficient (Wildman–Crippen LogP) is 5.29. The highest BCUT2D eigenvalue weighted by atomic mass is 35.5. The van der Waals surface area contributed by atoms with Gasteiger partial charge in [-0.15, -0.1) is 0 Å². The molecule has 168 valence electrons. The standard InChI is InChI=1S/C24H32ClN3O3/c1-5-30-12-7-11-27(16-20-8-6-13-31-20)24-26-21(14-17(2)3)23(29)28(24)22-10-9-19(25)15-18(22)4/h6,8-10,13,15,17,21H,5,7,11-12,14,16H2,1-4H3. The smallest absolute Gasteiger partial charge is 0.258 e. The Kier molecular flexibility index (Phi) is 8.15. The van der Waals surface area contributed by atoms with Gasteiger partial charge >= 0.3 is 0 Å². The minimum absolute atomic E-state index is 0.00313. The average molecular weight is 446 g/mol.